The van der Waals surface area contributed by atoms with E-state index < -0.39 is 11.9 Å². The summed E-state index contributed by atoms with van der Waals surface area (Å²) in [7, 11) is 0. The second-order valence-electron chi connectivity index (χ2n) is 8.10. The third-order valence-electron chi connectivity index (χ3n) is 5.05. The number of rotatable bonds is 17. The van der Waals surface area contributed by atoms with Crippen LogP contribution in [-0.2, 0) is 9.47 Å². The average molecular weight is 417 g/mol. The van der Waals surface area contributed by atoms with Gasteiger partial charge in [0.25, 0.3) is 0 Å². The summed E-state index contributed by atoms with van der Waals surface area (Å²) in [5, 5.41) is 0. The second-order valence-corrected chi connectivity index (χ2v) is 8.10. The molecule has 1 rings (SSSR count). The van der Waals surface area contributed by atoms with Crippen LogP contribution in [0.5, 0.6) is 0 Å². The van der Waals surface area contributed by atoms with E-state index in [1.165, 1.54) is 64.2 Å². The fourth-order valence-electron chi connectivity index (χ4n) is 3.29. The van der Waals surface area contributed by atoms with Gasteiger partial charge in [-0.1, -0.05) is 96.3 Å². The molecule has 0 aliphatic rings. The van der Waals surface area contributed by atoms with Crippen LogP contribution in [0.2, 0.25) is 0 Å². The van der Waals surface area contributed by atoms with E-state index in [0.717, 1.165) is 18.4 Å². The summed E-state index contributed by atoms with van der Waals surface area (Å²) in [6, 6.07) is 6.61. The second kappa shape index (κ2) is 16.7. The lowest BCUT2D eigenvalue weighted by Crippen LogP contribution is -2.15. The van der Waals surface area contributed by atoms with Crippen LogP contribution in [0, 0.1) is 0 Å². The fourth-order valence-corrected chi connectivity index (χ4v) is 3.29. The van der Waals surface area contributed by atoms with Crippen LogP contribution in [0.1, 0.15) is 112 Å². The summed E-state index contributed by atoms with van der Waals surface area (Å²) in [5.41, 5.74) is 1.23. The molecule has 0 aliphatic carbocycles. The van der Waals surface area contributed by atoms with Crippen molar-refractivity contribution in [2.45, 2.75) is 90.9 Å². The van der Waals surface area contributed by atoms with Crippen LogP contribution in [0.15, 0.2) is 36.4 Å². The first-order valence-electron chi connectivity index (χ1n) is 11.6. The number of benzene rings is 1. The van der Waals surface area contributed by atoms with Crippen LogP contribution in [-0.4, -0.2) is 25.2 Å². The zero-order chi connectivity index (χ0) is 22.0. The van der Waals surface area contributed by atoms with Crippen molar-refractivity contribution in [1.29, 1.82) is 0 Å². The Morgan fingerprint density at radius 2 is 1.17 bits per heavy atom. The minimum Gasteiger partial charge on any atom is -0.462 e. The van der Waals surface area contributed by atoms with E-state index in [-0.39, 0.29) is 17.7 Å². The molecule has 1 aromatic rings. The highest BCUT2D eigenvalue weighted by Crippen LogP contribution is 2.14. The molecule has 30 heavy (non-hydrogen) atoms. The molecule has 168 valence electrons. The number of carbonyl (C=O) groups excluding carboxylic acids is 2. The summed E-state index contributed by atoms with van der Waals surface area (Å²) in [6.07, 6.45) is 15.2. The lowest BCUT2D eigenvalue weighted by Gasteiger charge is -2.10. The lowest BCUT2D eigenvalue weighted by molar-refractivity contribution is 0.0467. The summed E-state index contributed by atoms with van der Waals surface area (Å²) in [5.74, 6) is -1.00. The Hall–Kier alpha value is -2.10. The van der Waals surface area contributed by atoms with E-state index in [4.69, 9.17) is 9.47 Å². The Balaban J connectivity index is 2.16. The van der Waals surface area contributed by atoms with Gasteiger partial charge >= 0.3 is 11.9 Å². The van der Waals surface area contributed by atoms with Gasteiger partial charge in [0.15, 0.2) is 0 Å². The topological polar surface area (TPSA) is 52.6 Å². The molecule has 0 fully saturated rings. The molecule has 1 aromatic carbocycles. The normalized spacial score (nSPS) is 10.6. The molecule has 4 nitrogen and oxygen atoms in total. The zero-order valence-electron chi connectivity index (χ0n) is 19.0. The van der Waals surface area contributed by atoms with E-state index >= 15 is 0 Å². The lowest BCUT2D eigenvalue weighted by atomic mass is 10.1. The summed E-state index contributed by atoms with van der Waals surface area (Å²) >= 11 is 0. The number of carbonyl (C=O) groups is 2. The predicted octanol–water partition coefficient (Wildman–Crippen LogP) is 7.28. The molecule has 0 saturated carbocycles. The van der Waals surface area contributed by atoms with Crippen LogP contribution in [0.3, 0.4) is 0 Å². The van der Waals surface area contributed by atoms with Gasteiger partial charge < -0.3 is 9.47 Å². The minimum atomic E-state index is -0.532. The first-order chi connectivity index (χ1) is 14.6. The van der Waals surface area contributed by atoms with Crippen molar-refractivity contribution in [2.75, 3.05) is 13.2 Å². The molecule has 0 spiro atoms. The molecule has 0 aromatic heterocycles. The van der Waals surface area contributed by atoms with Crippen molar-refractivity contribution in [2.24, 2.45) is 0 Å². The minimum absolute atomic E-state index is 0.140. The van der Waals surface area contributed by atoms with Gasteiger partial charge in [0.2, 0.25) is 0 Å². The van der Waals surface area contributed by atoms with Crippen LogP contribution < -0.4 is 0 Å². The highest BCUT2D eigenvalue weighted by atomic mass is 16.5. The number of hydrogen-bond acceptors (Lipinski definition) is 4. The monoisotopic (exact) mass is 416 g/mol. The standard InChI is InChI=1S/C26H40O4/c1-4-5-6-7-8-9-10-11-12-13-14-17-20-29-25(27)23-18-15-16-19-24(23)26(28)30-21-22(2)3/h15-16,18-19H,2,4-14,17,20-21H2,1,3H3. The first kappa shape index (κ1) is 25.9. The maximum absolute atomic E-state index is 12.4. The smallest absolute Gasteiger partial charge is 0.339 e. The number of hydrogen-bond donors (Lipinski definition) is 0. The highest BCUT2D eigenvalue weighted by molar-refractivity contribution is 6.03. The summed E-state index contributed by atoms with van der Waals surface area (Å²) in [4.78, 5) is 24.6. The number of esters is 2. The van der Waals surface area contributed by atoms with Crippen LogP contribution in [0.25, 0.3) is 0 Å². The van der Waals surface area contributed by atoms with Crippen molar-refractivity contribution in [3.05, 3.63) is 47.5 Å². The molecule has 0 saturated heterocycles. The maximum atomic E-state index is 12.4. The van der Waals surface area contributed by atoms with Gasteiger partial charge in [-0.3, -0.25) is 0 Å². The molecule has 0 heterocycles. The molecule has 0 aliphatic heterocycles. The molecule has 0 amide bonds. The molecule has 0 radical (unpaired) electrons. The molecule has 4 heteroatoms. The zero-order valence-corrected chi connectivity index (χ0v) is 19.0. The van der Waals surface area contributed by atoms with Crippen LogP contribution >= 0.6 is 0 Å². The molecular formula is C26H40O4. The van der Waals surface area contributed by atoms with Crippen molar-refractivity contribution < 1.29 is 19.1 Å². The van der Waals surface area contributed by atoms with E-state index in [9.17, 15) is 9.59 Å². The van der Waals surface area contributed by atoms with Gasteiger partial charge in [-0.05, 0) is 31.1 Å². The SMILES string of the molecule is C=C(C)COC(=O)c1ccccc1C(=O)OCCCCCCCCCCCCCC. The Bertz CT molecular complexity index is 636. The van der Waals surface area contributed by atoms with Gasteiger partial charge in [0.1, 0.15) is 6.61 Å². The fraction of sp³-hybridized carbons (Fsp3) is 0.615. The predicted molar refractivity (Wildman–Crippen MR) is 123 cm³/mol. The Kier molecular flexibility index (Phi) is 14.4. The van der Waals surface area contributed by atoms with Crippen molar-refractivity contribution >= 4 is 11.9 Å². The number of ether oxygens (including phenoxy) is 2. The first-order valence-corrected chi connectivity index (χ1v) is 11.6. The third kappa shape index (κ3) is 11.8. The molecular weight excluding hydrogens is 376 g/mol. The molecule has 0 unspecified atom stereocenters. The van der Waals surface area contributed by atoms with E-state index in [0.29, 0.717) is 6.61 Å². The summed E-state index contributed by atoms with van der Waals surface area (Å²) in [6.45, 7) is 8.26. The van der Waals surface area contributed by atoms with Crippen molar-refractivity contribution in [3.8, 4) is 0 Å². The quantitative estimate of drug-likeness (QED) is 0.152. The Labute approximate surface area is 183 Å². The third-order valence-corrected chi connectivity index (χ3v) is 5.05. The van der Waals surface area contributed by atoms with Gasteiger partial charge in [0, 0.05) is 0 Å². The van der Waals surface area contributed by atoms with Crippen LogP contribution in [0.4, 0.5) is 0 Å². The van der Waals surface area contributed by atoms with E-state index in [1.807, 2.05) is 0 Å². The van der Waals surface area contributed by atoms with Gasteiger partial charge in [-0.15, -0.1) is 0 Å². The average Bonchev–Trinajstić information content (AvgIpc) is 2.75. The summed E-state index contributed by atoms with van der Waals surface area (Å²) < 4.78 is 10.5. The largest absolute Gasteiger partial charge is 0.462 e. The highest BCUT2D eigenvalue weighted by Gasteiger charge is 2.18. The van der Waals surface area contributed by atoms with Gasteiger partial charge in [-0.2, -0.15) is 0 Å². The number of unbranched alkanes of at least 4 members (excludes halogenated alkanes) is 11. The van der Waals surface area contributed by atoms with Gasteiger partial charge in [-0.25, -0.2) is 9.59 Å². The van der Waals surface area contributed by atoms with E-state index in [1.54, 1.807) is 31.2 Å². The van der Waals surface area contributed by atoms with E-state index in [2.05, 4.69) is 13.5 Å². The Morgan fingerprint density at radius 3 is 1.63 bits per heavy atom. The Morgan fingerprint density at radius 1 is 0.733 bits per heavy atom. The van der Waals surface area contributed by atoms with Crippen molar-refractivity contribution in [1.82, 2.24) is 0 Å². The molecule has 0 atom stereocenters. The van der Waals surface area contributed by atoms with Crippen molar-refractivity contribution in [3.63, 3.8) is 0 Å². The maximum Gasteiger partial charge on any atom is 0.339 e. The molecule has 0 bridgehead atoms. The molecule has 0 N–H and O–H groups in total. The van der Waals surface area contributed by atoms with Gasteiger partial charge in [0.05, 0.1) is 17.7 Å².